The topological polar surface area (TPSA) is 47.6 Å². The van der Waals surface area contributed by atoms with Crippen molar-refractivity contribution in [3.05, 3.63) is 54.1 Å². The van der Waals surface area contributed by atoms with Crippen molar-refractivity contribution < 1.29 is 14.3 Å². The number of hydrogen-bond acceptors (Lipinski definition) is 4. The van der Waals surface area contributed by atoms with E-state index >= 15 is 0 Å². The summed E-state index contributed by atoms with van der Waals surface area (Å²) in [6.45, 7) is 2.42. The van der Waals surface area contributed by atoms with Crippen molar-refractivity contribution in [3.63, 3.8) is 0 Å². The van der Waals surface area contributed by atoms with Crippen LogP contribution >= 0.6 is 11.8 Å². The van der Waals surface area contributed by atoms with Gasteiger partial charge in [0.25, 0.3) is 0 Å². The Kier molecular flexibility index (Phi) is 6.50. The lowest BCUT2D eigenvalue weighted by atomic mass is 10.2. The lowest BCUT2D eigenvalue weighted by Crippen LogP contribution is -2.22. The number of rotatable bonds is 7. The third kappa shape index (κ3) is 5.30. The zero-order valence-corrected chi connectivity index (χ0v) is 14.4. The predicted molar refractivity (Wildman–Crippen MR) is 94.1 cm³/mol. The van der Waals surface area contributed by atoms with E-state index in [4.69, 9.17) is 9.47 Å². The van der Waals surface area contributed by atoms with E-state index in [1.54, 1.807) is 14.2 Å². The number of nitrogens with one attached hydrogen (secondary N) is 1. The molecule has 2 aromatic rings. The summed E-state index contributed by atoms with van der Waals surface area (Å²) in [5.74, 6) is 0.779. The van der Waals surface area contributed by atoms with Crippen LogP contribution in [0.1, 0.15) is 12.5 Å². The van der Waals surface area contributed by atoms with Gasteiger partial charge in [-0.1, -0.05) is 12.1 Å². The van der Waals surface area contributed by atoms with Gasteiger partial charge in [0.1, 0.15) is 5.75 Å². The first-order valence-corrected chi connectivity index (χ1v) is 8.20. The van der Waals surface area contributed by atoms with E-state index in [1.165, 1.54) is 11.8 Å². The Balaban J connectivity index is 1.95. The van der Waals surface area contributed by atoms with Gasteiger partial charge in [-0.2, -0.15) is 0 Å². The molecule has 1 amide bonds. The highest BCUT2D eigenvalue weighted by atomic mass is 32.2. The molecular formula is C18H21NO3S. The molecule has 0 fully saturated rings. The minimum atomic E-state index is -0.200. The first-order valence-electron chi connectivity index (χ1n) is 7.32. The van der Waals surface area contributed by atoms with Gasteiger partial charge < -0.3 is 14.8 Å². The van der Waals surface area contributed by atoms with Crippen LogP contribution < -0.4 is 10.1 Å². The Morgan fingerprint density at radius 2 is 1.91 bits per heavy atom. The Hall–Kier alpha value is -1.98. The molecule has 1 N–H and O–H groups in total. The molecule has 0 aliphatic heterocycles. The van der Waals surface area contributed by atoms with E-state index in [9.17, 15) is 4.79 Å². The summed E-state index contributed by atoms with van der Waals surface area (Å²) in [4.78, 5) is 13.4. The second-order valence-corrected chi connectivity index (χ2v) is 6.47. The number of methoxy groups -OCH3 is 2. The van der Waals surface area contributed by atoms with Gasteiger partial charge in [0.05, 0.1) is 19.0 Å². The number of amides is 1. The van der Waals surface area contributed by atoms with Gasteiger partial charge in [0.15, 0.2) is 0 Å². The van der Waals surface area contributed by atoms with Gasteiger partial charge in [-0.25, -0.2) is 0 Å². The molecular weight excluding hydrogens is 310 g/mol. The molecule has 0 aliphatic rings. The molecule has 0 aliphatic carbocycles. The fraction of sp³-hybridized carbons (Fsp3) is 0.278. The Bertz CT molecular complexity index is 643. The van der Waals surface area contributed by atoms with E-state index in [-0.39, 0.29) is 11.2 Å². The summed E-state index contributed by atoms with van der Waals surface area (Å²) in [7, 11) is 3.29. The molecule has 0 heterocycles. The summed E-state index contributed by atoms with van der Waals surface area (Å²) >= 11 is 1.51. The molecule has 2 aromatic carbocycles. The molecule has 0 aromatic heterocycles. The highest BCUT2D eigenvalue weighted by Gasteiger charge is 2.14. The lowest BCUT2D eigenvalue weighted by Gasteiger charge is -2.13. The van der Waals surface area contributed by atoms with E-state index < -0.39 is 0 Å². The highest BCUT2D eigenvalue weighted by molar-refractivity contribution is 8.00. The summed E-state index contributed by atoms with van der Waals surface area (Å²) < 4.78 is 10.2. The number of thioether (sulfide) groups is 1. The van der Waals surface area contributed by atoms with Crippen molar-refractivity contribution in [1.29, 1.82) is 0 Å². The van der Waals surface area contributed by atoms with Crippen molar-refractivity contribution >= 4 is 23.4 Å². The van der Waals surface area contributed by atoms with Gasteiger partial charge in [0, 0.05) is 17.7 Å². The number of benzene rings is 2. The van der Waals surface area contributed by atoms with Crippen molar-refractivity contribution in [1.82, 2.24) is 0 Å². The van der Waals surface area contributed by atoms with Crippen LogP contribution in [0.3, 0.4) is 0 Å². The van der Waals surface area contributed by atoms with Crippen LogP contribution in [-0.2, 0) is 16.1 Å². The van der Waals surface area contributed by atoms with E-state index in [1.807, 2.05) is 55.5 Å². The molecule has 0 saturated heterocycles. The summed E-state index contributed by atoms with van der Waals surface area (Å²) in [5.41, 5.74) is 1.81. The maximum absolute atomic E-state index is 12.3. The molecule has 122 valence electrons. The van der Waals surface area contributed by atoms with Crippen LogP contribution in [0.5, 0.6) is 5.75 Å². The SMILES string of the molecule is COCc1cccc(NC(=O)[C@H](C)Sc2ccc(OC)cc2)c1. The van der Waals surface area contributed by atoms with E-state index in [0.29, 0.717) is 6.61 Å². The summed E-state index contributed by atoms with van der Waals surface area (Å²) in [5, 5.41) is 2.74. The van der Waals surface area contributed by atoms with Crippen molar-refractivity contribution in [3.8, 4) is 5.75 Å². The molecule has 0 saturated carbocycles. The molecule has 0 bridgehead atoms. The average Bonchev–Trinajstić information content (AvgIpc) is 2.56. The monoisotopic (exact) mass is 331 g/mol. The maximum atomic E-state index is 12.3. The van der Waals surface area contributed by atoms with Crippen LogP contribution in [0.25, 0.3) is 0 Å². The zero-order valence-electron chi connectivity index (χ0n) is 13.5. The van der Waals surface area contributed by atoms with Crippen molar-refractivity contribution in [2.75, 3.05) is 19.5 Å². The summed E-state index contributed by atoms with van der Waals surface area (Å²) in [6, 6.07) is 15.4. The fourth-order valence-corrected chi connectivity index (χ4v) is 2.93. The van der Waals surface area contributed by atoms with E-state index in [2.05, 4.69) is 5.32 Å². The predicted octanol–water partition coefficient (Wildman–Crippen LogP) is 3.96. The van der Waals surface area contributed by atoms with Crippen molar-refractivity contribution in [2.24, 2.45) is 0 Å². The number of carbonyl (C=O) groups is 1. The number of hydrogen-bond donors (Lipinski definition) is 1. The largest absolute Gasteiger partial charge is 0.497 e. The molecule has 0 unspecified atom stereocenters. The minimum absolute atomic E-state index is 0.0274. The zero-order chi connectivity index (χ0) is 16.7. The maximum Gasteiger partial charge on any atom is 0.237 e. The van der Waals surface area contributed by atoms with E-state index in [0.717, 1.165) is 21.9 Å². The van der Waals surface area contributed by atoms with Gasteiger partial charge in [0.2, 0.25) is 5.91 Å². The first kappa shape index (κ1) is 17.4. The van der Waals surface area contributed by atoms with Crippen LogP contribution in [-0.4, -0.2) is 25.4 Å². The third-order valence-corrected chi connectivity index (χ3v) is 4.36. The number of anilines is 1. The first-order chi connectivity index (χ1) is 11.1. The second kappa shape index (κ2) is 8.60. The fourth-order valence-electron chi connectivity index (χ4n) is 2.06. The quantitative estimate of drug-likeness (QED) is 0.780. The Morgan fingerprint density at radius 3 is 2.57 bits per heavy atom. The molecule has 0 spiro atoms. The molecule has 23 heavy (non-hydrogen) atoms. The van der Waals surface area contributed by atoms with Gasteiger partial charge in [-0.15, -0.1) is 11.8 Å². The number of carbonyl (C=O) groups excluding carboxylic acids is 1. The van der Waals surface area contributed by atoms with Gasteiger partial charge in [-0.3, -0.25) is 4.79 Å². The Morgan fingerprint density at radius 1 is 1.17 bits per heavy atom. The normalized spacial score (nSPS) is 11.8. The third-order valence-electron chi connectivity index (χ3n) is 3.25. The smallest absolute Gasteiger partial charge is 0.237 e. The van der Waals surface area contributed by atoms with Crippen LogP contribution in [0.2, 0.25) is 0 Å². The second-order valence-electron chi connectivity index (χ2n) is 5.06. The standard InChI is InChI=1S/C18H21NO3S/c1-13(23-17-9-7-16(22-3)8-10-17)18(20)19-15-6-4-5-14(11-15)12-21-2/h4-11,13H,12H2,1-3H3,(H,19,20)/t13-/m0/s1. The molecule has 2 rings (SSSR count). The molecule has 0 radical (unpaired) electrons. The number of ether oxygens (including phenoxy) is 2. The molecule has 4 nitrogen and oxygen atoms in total. The van der Waals surface area contributed by atoms with Gasteiger partial charge >= 0.3 is 0 Å². The highest BCUT2D eigenvalue weighted by Crippen LogP contribution is 2.26. The lowest BCUT2D eigenvalue weighted by molar-refractivity contribution is -0.115. The minimum Gasteiger partial charge on any atom is -0.497 e. The van der Waals surface area contributed by atoms with Crippen molar-refractivity contribution in [2.45, 2.75) is 23.7 Å². The average molecular weight is 331 g/mol. The van der Waals surface area contributed by atoms with Crippen LogP contribution in [0.4, 0.5) is 5.69 Å². The molecule has 1 atom stereocenters. The summed E-state index contributed by atoms with van der Waals surface area (Å²) in [6.07, 6.45) is 0. The van der Waals surface area contributed by atoms with Gasteiger partial charge in [-0.05, 0) is 48.9 Å². The molecule has 5 heteroatoms. The van der Waals surface area contributed by atoms with Crippen LogP contribution in [0.15, 0.2) is 53.4 Å². The Labute approximate surface area is 141 Å². The van der Waals surface area contributed by atoms with Crippen LogP contribution in [0, 0.1) is 0 Å².